The molecule has 186 valence electrons. The summed E-state index contributed by atoms with van der Waals surface area (Å²) in [5.74, 6) is 1.12. The lowest BCUT2D eigenvalue weighted by atomic mass is 9.98. The molecule has 7 nitrogen and oxygen atoms in total. The molecule has 5 rings (SSSR count). The molecule has 1 unspecified atom stereocenters. The highest BCUT2D eigenvalue weighted by Crippen LogP contribution is 2.30. The van der Waals surface area contributed by atoms with Crippen molar-refractivity contribution in [3.8, 4) is 11.3 Å². The van der Waals surface area contributed by atoms with E-state index >= 15 is 0 Å². The van der Waals surface area contributed by atoms with E-state index in [2.05, 4.69) is 31.7 Å². The molecule has 2 N–H and O–H groups in total. The standard InChI is InChI=1S/C26H25BrCl2N6O/c27-20-15-32-35-24(12-23(33-25(20)35)19-8-2-4-10-22(19)29)30-13-17-6-5-11-34(16-17)26(36)31-14-18-7-1-3-9-21(18)28/h1-4,7-10,12,15,17,30H,5-6,11,13-14,16H2,(H,31,36). The third kappa shape index (κ3) is 5.45. The van der Waals surface area contributed by atoms with Crippen LogP contribution >= 0.6 is 39.1 Å². The van der Waals surface area contributed by atoms with Crippen molar-refractivity contribution in [2.24, 2.45) is 5.92 Å². The lowest BCUT2D eigenvalue weighted by Crippen LogP contribution is -2.46. The number of hydrogen-bond donors (Lipinski definition) is 2. The van der Waals surface area contributed by atoms with Crippen LogP contribution in [0.15, 0.2) is 65.3 Å². The molecular weight excluding hydrogens is 563 g/mol. The lowest BCUT2D eigenvalue weighted by Gasteiger charge is -2.33. The first kappa shape index (κ1) is 24.9. The summed E-state index contributed by atoms with van der Waals surface area (Å²) >= 11 is 16.2. The summed E-state index contributed by atoms with van der Waals surface area (Å²) in [6, 6.07) is 17.1. The minimum Gasteiger partial charge on any atom is -0.370 e. The molecular formula is C26H25BrCl2N6O. The lowest BCUT2D eigenvalue weighted by molar-refractivity contribution is 0.168. The van der Waals surface area contributed by atoms with E-state index < -0.39 is 0 Å². The van der Waals surface area contributed by atoms with Crippen LogP contribution in [0.3, 0.4) is 0 Å². The van der Waals surface area contributed by atoms with Gasteiger partial charge in [-0.15, -0.1) is 0 Å². The average Bonchev–Trinajstić information content (AvgIpc) is 3.27. The van der Waals surface area contributed by atoms with Crippen molar-refractivity contribution in [1.29, 1.82) is 0 Å². The smallest absolute Gasteiger partial charge is 0.317 e. The highest BCUT2D eigenvalue weighted by molar-refractivity contribution is 9.10. The number of benzene rings is 2. The number of halogens is 3. The quantitative estimate of drug-likeness (QED) is 0.270. The number of amides is 2. The second-order valence-corrected chi connectivity index (χ2v) is 10.5. The second kappa shape index (κ2) is 11.1. The van der Waals surface area contributed by atoms with Crippen molar-refractivity contribution in [3.63, 3.8) is 0 Å². The summed E-state index contributed by atoms with van der Waals surface area (Å²) in [6.07, 6.45) is 3.72. The minimum absolute atomic E-state index is 0.0667. The van der Waals surface area contributed by atoms with Crippen molar-refractivity contribution in [2.45, 2.75) is 19.4 Å². The van der Waals surface area contributed by atoms with Crippen LogP contribution in [0.2, 0.25) is 10.0 Å². The van der Waals surface area contributed by atoms with Crippen LogP contribution in [0.5, 0.6) is 0 Å². The number of aromatic nitrogens is 3. The fourth-order valence-electron chi connectivity index (χ4n) is 4.46. The first-order valence-corrected chi connectivity index (χ1v) is 13.3. The Bertz CT molecular complexity index is 1390. The van der Waals surface area contributed by atoms with E-state index in [4.69, 9.17) is 28.2 Å². The predicted octanol–water partition coefficient (Wildman–Crippen LogP) is 6.50. The van der Waals surface area contributed by atoms with E-state index in [1.54, 1.807) is 10.7 Å². The molecule has 1 aliphatic rings. The molecule has 1 aliphatic heterocycles. The van der Waals surface area contributed by atoms with Crippen LogP contribution in [0.4, 0.5) is 10.6 Å². The number of hydrogen-bond acceptors (Lipinski definition) is 4. The number of anilines is 1. The van der Waals surface area contributed by atoms with E-state index in [1.165, 1.54) is 0 Å². The molecule has 0 radical (unpaired) electrons. The predicted molar refractivity (Wildman–Crippen MR) is 148 cm³/mol. The SMILES string of the molecule is O=C(NCc1ccccc1Cl)N1CCCC(CNc2cc(-c3ccccc3Cl)nc3c(Br)cnn23)C1. The number of fused-ring (bicyclic) bond motifs is 1. The van der Waals surface area contributed by atoms with Crippen LogP contribution in [0.25, 0.3) is 16.9 Å². The number of piperidine rings is 1. The third-order valence-corrected chi connectivity index (χ3v) is 7.60. The van der Waals surface area contributed by atoms with E-state index in [-0.39, 0.29) is 6.03 Å². The third-order valence-electron chi connectivity index (χ3n) is 6.34. The Labute approximate surface area is 227 Å². The minimum atomic E-state index is -0.0667. The summed E-state index contributed by atoms with van der Waals surface area (Å²) in [5.41, 5.74) is 3.24. The van der Waals surface area contributed by atoms with Gasteiger partial charge >= 0.3 is 6.03 Å². The largest absolute Gasteiger partial charge is 0.370 e. The van der Waals surface area contributed by atoms with Gasteiger partial charge in [0.25, 0.3) is 0 Å². The van der Waals surface area contributed by atoms with Gasteiger partial charge in [0.2, 0.25) is 0 Å². The molecule has 3 heterocycles. The molecule has 0 spiro atoms. The number of carbonyl (C=O) groups excluding carboxylic acids is 1. The van der Waals surface area contributed by atoms with Gasteiger partial charge in [0.15, 0.2) is 5.65 Å². The fraction of sp³-hybridized carbons (Fsp3) is 0.269. The number of likely N-dealkylation sites (tertiary alicyclic amines) is 1. The number of carbonyl (C=O) groups is 1. The zero-order chi connectivity index (χ0) is 25.1. The second-order valence-electron chi connectivity index (χ2n) is 8.82. The maximum atomic E-state index is 12.8. The molecule has 1 saturated heterocycles. The van der Waals surface area contributed by atoms with E-state index in [0.29, 0.717) is 41.2 Å². The van der Waals surface area contributed by atoms with Gasteiger partial charge in [-0.2, -0.15) is 9.61 Å². The van der Waals surface area contributed by atoms with Crippen LogP contribution in [0, 0.1) is 5.92 Å². The molecule has 4 aromatic rings. The Kier molecular flexibility index (Phi) is 7.65. The van der Waals surface area contributed by atoms with Gasteiger partial charge in [-0.05, 0) is 52.4 Å². The van der Waals surface area contributed by atoms with Gasteiger partial charge in [-0.1, -0.05) is 59.6 Å². The van der Waals surface area contributed by atoms with Crippen LogP contribution in [0.1, 0.15) is 18.4 Å². The van der Waals surface area contributed by atoms with Crippen molar-refractivity contribution in [1.82, 2.24) is 24.8 Å². The first-order chi connectivity index (χ1) is 17.5. The van der Waals surface area contributed by atoms with Crippen LogP contribution in [-0.4, -0.2) is 45.2 Å². The van der Waals surface area contributed by atoms with Gasteiger partial charge < -0.3 is 15.5 Å². The first-order valence-electron chi connectivity index (χ1n) is 11.8. The Hall–Kier alpha value is -2.81. The number of nitrogens with one attached hydrogen (secondary N) is 2. The van der Waals surface area contributed by atoms with Crippen molar-refractivity contribution in [3.05, 3.63) is 80.9 Å². The Morgan fingerprint density at radius 1 is 1.11 bits per heavy atom. The molecule has 2 aromatic heterocycles. The number of rotatable bonds is 6. The van der Waals surface area contributed by atoms with Crippen molar-refractivity contribution in [2.75, 3.05) is 25.0 Å². The van der Waals surface area contributed by atoms with Gasteiger partial charge in [-0.25, -0.2) is 9.78 Å². The summed E-state index contributed by atoms with van der Waals surface area (Å²) in [4.78, 5) is 19.5. The van der Waals surface area contributed by atoms with E-state index in [9.17, 15) is 4.79 Å². The highest BCUT2D eigenvalue weighted by Gasteiger charge is 2.24. The van der Waals surface area contributed by atoms with Gasteiger partial charge in [0.05, 0.1) is 16.4 Å². The molecule has 0 aliphatic carbocycles. The average molecular weight is 588 g/mol. The molecule has 1 fully saturated rings. The maximum absolute atomic E-state index is 12.8. The Morgan fingerprint density at radius 2 is 1.89 bits per heavy atom. The van der Waals surface area contributed by atoms with Crippen molar-refractivity contribution < 1.29 is 4.79 Å². The molecule has 1 atom stereocenters. The monoisotopic (exact) mass is 586 g/mol. The fourth-order valence-corrected chi connectivity index (χ4v) is 5.24. The molecule has 36 heavy (non-hydrogen) atoms. The van der Waals surface area contributed by atoms with Gasteiger partial charge in [-0.3, -0.25) is 0 Å². The van der Waals surface area contributed by atoms with Crippen molar-refractivity contribution >= 4 is 56.6 Å². The molecule has 2 amide bonds. The summed E-state index contributed by atoms with van der Waals surface area (Å²) < 4.78 is 2.58. The molecule has 10 heteroatoms. The normalized spacial score (nSPS) is 15.8. The Balaban J connectivity index is 1.27. The van der Waals surface area contributed by atoms with Gasteiger partial charge in [0, 0.05) is 47.9 Å². The highest BCUT2D eigenvalue weighted by atomic mass is 79.9. The number of urea groups is 1. The van der Waals surface area contributed by atoms with Crippen LogP contribution in [-0.2, 0) is 6.54 Å². The van der Waals surface area contributed by atoms with E-state index in [0.717, 1.165) is 46.5 Å². The van der Waals surface area contributed by atoms with E-state index in [1.807, 2.05) is 59.5 Å². The summed E-state index contributed by atoms with van der Waals surface area (Å²) in [6.45, 7) is 2.53. The molecule has 0 saturated carbocycles. The molecule has 0 bridgehead atoms. The zero-order valence-electron chi connectivity index (χ0n) is 19.4. The van der Waals surface area contributed by atoms with Gasteiger partial charge in [0.1, 0.15) is 5.82 Å². The van der Waals surface area contributed by atoms with Crippen LogP contribution < -0.4 is 10.6 Å². The molecule has 2 aromatic carbocycles. The zero-order valence-corrected chi connectivity index (χ0v) is 22.5. The topological polar surface area (TPSA) is 74.6 Å². The number of nitrogens with zero attached hydrogens (tertiary/aromatic N) is 4. The Morgan fingerprint density at radius 3 is 2.69 bits per heavy atom. The summed E-state index contributed by atoms with van der Waals surface area (Å²) in [7, 11) is 0. The maximum Gasteiger partial charge on any atom is 0.317 e. The summed E-state index contributed by atoms with van der Waals surface area (Å²) in [5, 5.41) is 12.3.